The van der Waals surface area contributed by atoms with E-state index in [1.807, 2.05) is 13.0 Å². The van der Waals surface area contributed by atoms with Crippen LogP contribution in [0, 0.1) is 40.4 Å². The van der Waals surface area contributed by atoms with E-state index in [9.17, 15) is 14.7 Å². The monoisotopic (exact) mass is 476 g/mol. The molecule has 0 amide bonds. The molecule has 33 heavy (non-hydrogen) atoms. The van der Waals surface area contributed by atoms with Crippen molar-refractivity contribution in [2.45, 2.75) is 103 Å². The Hall–Kier alpha value is -0.810. The van der Waals surface area contributed by atoms with Crippen LogP contribution in [0.2, 0.25) is 0 Å². The zero-order chi connectivity index (χ0) is 24.2. The molecule has 4 aliphatic rings. The van der Waals surface area contributed by atoms with E-state index in [0.717, 1.165) is 56.9 Å². The van der Waals surface area contributed by atoms with Crippen molar-refractivity contribution in [3.63, 3.8) is 0 Å². The molecule has 7 unspecified atom stereocenters. The van der Waals surface area contributed by atoms with Crippen LogP contribution in [0.1, 0.15) is 91.9 Å². The molecule has 186 valence electrons. The maximum Gasteiger partial charge on any atom is 0.305 e. The number of thiol groups is 1. The fourth-order valence-corrected chi connectivity index (χ4v) is 10.3. The van der Waals surface area contributed by atoms with Gasteiger partial charge in [0.2, 0.25) is 0 Å². The molecule has 4 aliphatic carbocycles. The van der Waals surface area contributed by atoms with Gasteiger partial charge in [-0.25, -0.2) is 0 Å². The summed E-state index contributed by atoms with van der Waals surface area (Å²) < 4.78 is 4.36. The van der Waals surface area contributed by atoms with Crippen LogP contribution in [0.3, 0.4) is 0 Å². The normalized spacial score (nSPS) is 46.9. The minimum atomic E-state index is -0.522. The molecular formula is C28H44O4S. The molecule has 9 atom stereocenters. The number of hydrogen-bond donors (Lipinski definition) is 2. The van der Waals surface area contributed by atoms with Gasteiger partial charge in [0.25, 0.3) is 0 Å². The Balaban J connectivity index is 1.68. The molecule has 4 fully saturated rings. The number of aliphatic hydroxyl groups excluding tert-OH is 1. The molecule has 0 aliphatic heterocycles. The average Bonchev–Trinajstić information content (AvgIpc) is 3.14. The minimum Gasteiger partial charge on any atom is -0.469 e. The molecule has 4 rings (SSSR count). The van der Waals surface area contributed by atoms with Crippen molar-refractivity contribution < 1.29 is 19.4 Å². The van der Waals surface area contributed by atoms with E-state index < -0.39 is 4.75 Å². The van der Waals surface area contributed by atoms with Gasteiger partial charge in [0.1, 0.15) is 0 Å². The lowest BCUT2D eigenvalue weighted by Gasteiger charge is -2.65. The summed E-state index contributed by atoms with van der Waals surface area (Å²) in [5, 5.41) is 10.6. The first-order valence-electron chi connectivity index (χ1n) is 13.3. The summed E-state index contributed by atoms with van der Waals surface area (Å²) in [5.74, 6) is 2.01. The molecule has 0 spiro atoms. The van der Waals surface area contributed by atoms with Crippen LogP contribution < -0.4 is 0 Å². The minimum absolute atomic E-state index is 0.0221. The lowest BCUT2D eigenvalue weighted by molar-refractivity contribution is -0.149. The van der Waals surface area contributed by atoms with E-state index in [0.29, 0.717) is 42.3 Å². The number of ketones is 1. The van der Waals surface area contributed by atoms with Crippen molar-refractivity contribution in [1.29, 1.82) is 0 Å². The number of carbonyl (C=O) groups is 2. The maximum absolute atomic E-state index is 14.2. The summed E-state index contributed by atoms with van der Waals surface area (Å²) in [4.78, 5) is 25.9. The number of aliphatic hydroxyl groups is 1. The number of carbonyl (C=O) groups excluding carboxylic acids is 2. The Morgan fingerprint density at radius 1 is 1.24 bits per heavy atom. The van der Waals surface area contributed by atoms with Crippen LogP contribution in [-0.4, -0.2) is 34.8 Å². The van der Waals surface area contributed by atoms with Gasteiger partial charge in [-0.3, -0.25) is 9.59 Å². The number of rotatable bonds is 5. The predicted octanol–water partition coefficient (Wildman–Crippen LogP) is 5.77. The molecule has 1 N–H and O–H groups in total. The van der Waals surface area contributed by atoms with E-state index >= 15 is 0 Å². The number of allylic oxidation sites excluding steroid dienone is 1. The standard InChI is InChI=1S/C28H44O4S/c1-6-19-25(31)24-21-10-9-20(17(3)8-11-23(30)32-5)26(21,4)14-13-22(24)27(7-2)15-12-18(29)16-28(19,27)33/h6,17-18,20-22,24,29,33H,7-16H2,1-5H3/b19-6-/t17-,18-,20?,21?,22?,24?,26?,27?,28?/m1/s1. The Bertz CT molecular complexity index is 823. The summed E-state index contributed by atoms with van der Waals surface area (Å²) in [6, 6.07) is 0. The second-order valence-corrected chi connectivity index (χ2v) is 12.7. The summed E-state index contributed by atoms with van der Waals surface area (Å²) >= 11 is 5.28. The third-order valence-corrected chi connectivity index (χ3v) is 11.9. The second kappa shape index (κ2) is 9.00. The van der Waals surface area contributed by atoms with Gasteiger partial charge in [-0.05, 0) is 99.2 Å². The highest BCUT2D eigenvalue weighted by Gasteiger charge is 2.69. The number of esters is 1. The molecule has 4 nitrogen and oxygen atoms in total. The summed E-state index contributed by atoms with van der Waals surface area (Å²) in [6.07, 6.45) is 10.8. The first-order chi connectivity index (χ1) is 15.6. The van der Waals surface area contributed by atoms with E-state index in [1.165, 1.54) is 7.11 Å². The zero-order valence-electron chi connectivity index (χ0n) is 21.2. The fourth-order valence-electron chi connectivity index (χ4n) is 9.39. The van der Waals surface area contributed by atoms with Crippen molar-refractivity contribution >= 4 is 24.4 Å². The van der Waals surface area contributed by atoms with Gasteiger partial charge in [-0.15, -0.1) is 0 Å². The van der Waals surface area contributed by atoms with Gasteiger partial charge in [-0.1, -0.05) is 26.8 Å². The third-order valence-electron chi connectivity index (χ3n) is 11.0. The molecule has 0 aromatic heterocycles. The van der Waals surface area contributed by atoms with Crippen LogP contribution >= 0.6 is 12.6 Å². The van der Waals surface area contributed by atoms with Gasteiger partial charge in [0, 0.05) is 22.7 Å². The van der Waals surface area contributed by atoms with E-state index in [2.05, 4.69) is 20.8 Å². The lowest BCUT2D eigenvalue weighted by Crippen LogP contribution is -2.65. The number of methoxy groups -OCH3 is 1. The highest BCUT2D eigenvalue weighted by atomic mass is 32.1. The molecule has 0 bridgehead atoms. The summed E-state index contributed by atoms with van der Waals surface area (Å²) in [7, 11) is 1.46. The Morgan fingerprint density at radius 3 is 2.61 bits per heavy atom. The zero-order valence-corrected chi connectivity index (χ0v) is 22.1. The van der Waals surface area contributed by atoms with Gasteiger partial charge < -0.3 is 9.84 Å². The maximum atomic E-state index is 14.2. The number of ether oxygens (including phenoxy) is 1. The number of fused-ring (bicyclic) bond motifs is 5. The van der Waals surface area contributed by atoms with Crippen LogP contribution in [0.15, 0.2) is 11.6 Å². The van der Waals surface area contributed by atoms with Crippen molar-refractivity contribution in [2.24, 2.45) is 40.4 Å². The van der Waals surface area contributed by atoms with Gasteiger partial charge in [-0.2, -0.15) is 12.6 Å². The largest absolute Gasteiger partial charge is 0.469 e. The van der Waals surface area contributed by atoms with Crippen molar-refractivity contribution in [3.8, 4) is 0 Å². The average molecular weight is 477 g/mol. The predicted molar refractivity (Wildman–Crippen MR) is 134 cm³/mol. The highest BCUT2D eigenvalue weighted by molar-refractivity contribution is 7.82. The Morgan fingerprint density at radius 2 is 1.97 bits per heavy atom. The molecular weight excluding hydrogens is 432 g/mol. The Labute approximate surface area is 205 Å². The van der Waals surface area contributed by atoms with E-state index in [-0.39, 0.29) is 28.8 Å². The third kappa shape index (κ3) is 3.58. The highest BCUT2D eigenvalue weighted by Crippen LogP contribution is 2.71. The van der Waals surface area contributed by atoms with Crippen LogP contribution in [-0.2, 0) is 14.3 Å². The molecule has 0 radical (unpaired) electrons. The summed E-state index contributed by atoms with van der Waals surface area (Å²) in [6.45, 7) is 9.00. The Kier molecular flexibility index (Phi) is 6.90. The van der Waals surface area contributed by atoms with Gasteiger partial charge in [0.05, 0.1) is 13.2 Å². The lowest BCUT2D eigenvalue weighted by atomic mass is 9.41. The van der Waals surface area contributed by atoms with Gasteiger partial charge >= 0.3 is 5.97 Å². The summed E-state index contributed by atoms with van der Waals surface area (Å²) in [5.41, 5.74) is 0.996. The van der Waals surface area contributed by atoms with Crippen molar-refractivity contribution in [1.82, 2.24) is 0 Å². The van der Waals surface area contributed by atoms with Crippen molar-refractivity contribution in [3.05, 3.63) is 11.6 Å². The van der Waals surface area contributed by atoms with Crippen LogP contribution in [0.5, 0.6) is 0 Å². The molecule has 5 heteroatoms. The number of hydrogen-bond acceptors (Lipinski definition) is 5. The van der Waals surface area contributed by atoms with Gasteiger partial charge in [0.15, 0.2) is 5.78 Å². The molecule has 4 saturated carbocycles. The van der Waals surface area contributed by atoms with Crippen molar-refractivity contribution in [2.75, 3.05) is 7.11 Å². The topological polar surface area (TPSA) is 63.6 Å². The smallest absolute Gasteiger partial charge is 0.305 e. The fraction of sp³-hybridized carbons (Fsp3) is 0.857. The quantitative estimate of drug-likeness (QED) is 0.300. The first kappa shape index (κ1) is 25.3. The molecule has 0 heterocycles. The number of Topliss-reactive ketones (excluding diaryl/α,β-unsaturated/α-hetero) is 1. The second-order valence-electron chi connectivity index (χ2n) is 11.9. The van der Waals surface area contributed by atoms with E-state index in [1.54, 1.807) is 0 Å². The first-order valence-corrected chi connectivity index (χ1v) is 13.7. The van der Waals surface area contributed by atoms with E-state index in [4.69, 9.17) is 17.4 Å². The van der Waals surface area contributed by atoms with Crippen LogP contribution in [0.4, 0.5) is 0 Å². The SMILES string of the molecule is C/C=C1/C(=O)C2C3CCC([C@H](C)CCC(=O)OC)C3(C)CCC2C2(CC)CC[C@@H](O)CC12S. The molecule has 0 aromatic rings. The van der Waals surface area contributed by atoms with Crippen LogP contribution in [0.25, 0.3) is 0 Å². The molecule has 0 aromatic carbocycles. The molecule has 0 saturated heterocycles.